The van der Waals surface area contributed by atoms with Gasteiger partial charge in [-0.05, 0) is 38.1 Å². The number of fused-ring (bicyclic) bond motifs is 1. The van der Waals surface area contributed by atoms with Crippen molar-refractivity contribution in [3.63, 3.8) is 0 Å². The maximum atomic E-state index is 12.9. The van der Waals surface area contributed by atoms with Crippen molar-refractivity contribution >= 4 is 45.6 Å². The molecule has 2 aromatic carbocycles. The van der Waals surface area contributed by atoms with Gasteiger partial charge < -0.3 is 10.6 Å². The Morgan fingerprint density at radius 3 is 2.65 bits per heavy atom. The molecule has 158 valence electrons. The first-order valence-corrected chi connectivity index (χ1v) is 11.7. The van der Waals surface area contributed by atoms with Crippen LogP contribution in [0.5, 0.6) is 0 Å². The van der Waals surface area contributed by atoms with E-state index in [1.54, 1.807) is 17.4 Å². The molecule has 4 rings (SSSR count). The van der Waals surface area contributed by atoms with Crippen LogP contribution in [0, 0.1) is 0 Å². The highest BCUT2D eigenvalue weighted by molar-refractivity contribution is 8.00. The number of imidazole rings is 1. The first-order valence-electron chi connectivity index (χ1n) is 9.85. The van der Waals surface area contributed by atoms with E-state index < -0.39 is 0 Å². The number of hydrogen-bond donors (Lipinski definition) is 2. The van der Waals surface area contributed by atoms with Gasteiger partial charge in [0.15, 0.2) is 4.96 Å². The summed E-state index contributed by atoms with van der Waals surface area (Å²) in [5.41, 5.74) is 3.13. The van der Waals surface area contributed by atoms with Gasteiger partial charge in [0.1, 0.15) is 0 Å². The minimum Gasteiger partial charge on any atom is -0.353 e. The van der Waals surface area contributed by atoms with E-state index in [1.165, 1.54) is 11.8 Å². The zero-order valence-corrected chi connectivity index (χ0v) is 18.8. The fraction of sp³-hybridized carbons (Fsp3) is 0.174. The van der Waals surface area contributed by atoms with Gasteiger partial charge in [-0.25, -0.2) is 4.98 Å². The summed E-state index contributed by atoms with van der Waals surface area (Å²) < 4.78 is 1.99. The minimum atomic E-state index is -0.206. The van der Waals surface area contributed by atoms with Gasteiger partial charge in [-0.1, -0.05) is 24.3 Å². The Balaban J connectivity index is 1.43. The third-order valence-corrected chi connectivity index (χ3v) is 6.32. The second kappa shape index (κ2) is 9.36. The van der Waals surface area contributed by atoms with Gasteiger partial charge in [0.05, 0.1) is 17.0 Å². The van der Waals surface area contributed by atoms with E-state index in [-0.39, 0.29) is 23.6 Å². The highest BCUT2D eigenvalue weighted by Crippen LogP contribution is 2.25. The number of rotatable bonds is 7. The lowest BCUT2D eigenvalue weighted by molar-refractivity contribution is -0.119. The molecule has 2 aromatic heterocycles. The van der Waals surface area contributed by atoms with Crippen LogP contribution in [0.1, 0.15) is 24.2 Å². The van der Waals surface area contributed by atoms with Crippen LogP contribution in [0.2, 0.25) is 0 Å². The zero-order chi connectivity index (χ0) is 21.8. The molecular weight excluding hydrogens is 428 g/mol. The van der Waals surface area contributed by atoms with Crippen molar-refractivity contribution < 1.29 is 9.59 Å². The molecule has 0 saturated carbocycles. The van der Waals surface area contributed by atoms with Crippen LogP contribution in [0.25, 0.3) is 16.2 Å². The largest absolute Gasteiger partial charge is 0.353 e. The van der Waals surface area contributed by atoms with E-state index in [0.29, 0.717) is 11.3 Å². The van der Waals surface area contributed by atoms with Crippen molar-refractivity contribution in [3.8, 4) is 11.3 Å². The molecule has 0 fully saturated rings. The molecule has 2 N–H and O–H groups in total. The standard InChI is InChI=1S/C23H22N4O2S2/c1-15(2)24-21(28)14-31-20-6-4-3-5-18(20)22(29)25-17-9-7-16(8-10-17)19-13-27-11-12-30-23(27)26-19/h3-13,15H,14H2,1-2H3,(H,24,28)(H,25,29). The fourth-order valence-corrected chi connectivity index (χ4v) is 4.64. The molecule has 0 radical (unpaired) electrons. The Hall–Kier alpha value is -3.10. The summed E-state index contributed by atoms with van der Waals surface area (Å²) in [6.07, 6.45) is 3.97. The van der Waals surface area contributed by atoms with Crippen molar-refractivity contribution in [1.29, 1.82) is 0 Å². The van der Waals surface area contributed by atoms with Crippen molar-refractivity contribution in [2.24, 2.45) is 0 Å². The number of thiazole rings is 1. The molecule has 0 spiro atoms. The van der Waals surface area contributed by atoms with Crippen LogP contribution in [0.3, 0.4) is 0 Å². The van der Waals surface area contributed by atoms with Crippen LogP contribution >= 0.6 is 23.1 Å². The molecule has 0 unspecified atom stereocenters. The summed E-state index contributed by atoms with van der Waals surface area (Å²) in [4.78, 5) is 31.1. The van der Waals surface area contributed by atoms with Crippen LogP contribution in [-0.2, 0) is 4.79 Å². The summed E-state index contributed by atoms with van der Waals surface area (Å²) in [6.45, 7) is 3.84. The number of aromatic nitrogens is 2. The number of hydrogen-bond acceptors (Lipinski definition) is 5. The normalized spacial score (nSPS) is 11.1. The average Bonchev–Trinajstić information content (AvgIpc) is 3.35. The van der Waals surface area contributed by atoms with Gasteiger partial charge in [0.25, 0.3) is 5.91 Å². The maximum absolute atomic E-state index is 12.9. The fourth-order valence-electron chi connectivity index (χ4n) is 3.08. The first-order chi connectivity index (χ1) is 15.0. The molecule has 0 aliphatic heterocycles. The monoisotopic (exact) mass is 450 g/mol. The lowest BCUT2D eigenvalue weighted by atomic mass is 10.1. The maximum Gasteiger partial charge on any atom is 0.256 e. The molecular formula is C23H22N4O2S2. The Morgan fingerprint density at radius 2 is 1.90 bits per heavy atom. The highest BCUT2D eigenvalue weighted by atomic mass is 32.2. The molecule has 0 aliphatic carbocycles. The topological polar surface area (TPSA) is 75.5 Å². The molecule has 8 heteroatoms. The van der Waals surface area contributed by atoms with Crippen molar-refractivity contribution in [2.75, 3.05) is 11.1 Å². The number of anilines is 1. The number of benzene rings is 2. The number of thioether (sulfide) groups is 1. The van der Waals surface area contributed by atoms with Crippen molar-refractivity contribution in [3.05, 3.63) is 71.9 Å². The molecule has 0 aliphatic rings. The highest BCUT2D eigenvalue weighted by Gasteiger charge is 2.14. The Kier molecular flexibility index (Phi) is 6.39. The summed E-state index contributed by atoms with van der Waals surface area (Å²) in [7, 11) is 0. The number of amides is 2. The summed E-state index contributed by atoms with van der Waals surface area (Å²) in [6, 6.07) is 15.0. The molecule has 2 amide bonds. The predicted octanol–water partition coefficient (Wildman–Crippen LogP) is 4.93. The van der Waals surface area contributed by atoms with E-state index in [1.807, 2.05) is 78.5 Å². The van der Waals surface area contributed by atoms with Gasteiger partial charge in [0.2, 0.25) is 5.91 Å². The molecule has 6 nitrogen and oxygen atoms in total. The van der Waals surface area contributed by atoms with Crippen LogP contribution in [0.15, 0.2) is 71.2 Å². The van der Waals surface area contributed by atoms with Gasteiger partial charge >= 0.3 is 0 Å². The SMILES string of the molecule is CC(C)NC(=O)CSc1ccccc1C(=O)Nc1ccc(-c2cn3ccsc3n2)cc1. The van der Waals surface area contributed by atoms with E-state index in [4.69, 9.17) is 0 Å². The lowest BCUT2D eigenvalue weighted by Crippen LogP contribution is -2.31. The van der Waals surface area contributed by atoms with E-state index in [2.05, 4.69) is 15.6 Å². The van der Waals surface area contributed by atoms with Gasteiger partial charge in [0, 0.05) is 40.0 Å². The Labute approximate surface area is 188 Å². The third-order valence-electron chi connectivity index (χ3n) is 4.47. The van der Waals surface area contributed by atoms with Crippen molar-refractivity contribution in [1.82, 2.24) is 14.7 Å². The smallest absolute Gasteiger partial charge is 0.256 e. The van der Waals surface area contributed by atoms with Crippen molar-refractivity contribution in [2.45, 2.75) is 24.8 Å². The molecule has 4 aromatic rings. The van der Waals surface area contributed by atoms with Crippen LogP contribution < -0.4 is 10.6 Å². The molecule has 0 atom stereocenters. The minimum absolute atomic E-state index is 0.0510. The van der Waals surface area contributed by atoms with Gasteiger partial charge in [-0.15, -0.1) is 23.1 Å². The van der Waals surface area contributed by atoms with E-state index in [9.17, 15) is 9.59 Å². The number of carbonyl (C=O) groups excluding carboxylic acids is 2. The third kappa shape index (κ3) is 5.15. The lowest BCUT2D eigenvalue weighted by Gasteiger charge is -2.11. The second-order valence-electron chi connectivity index (χ2n) is 7.26. The Bertz CT molecular complexity index is 1180. The molecule has 0 bridgehead atoms. The zero-order valence-electron chi connectivity index (χ0n) is 17.2. The number of nitrogens with zero attached hydrogens (tertiary/aromatic N) is 2. The summed E-state index contributed by atoms with van der Waals surface area (Å²) in [5, 5.41) is 7.80. The predicted molar refractivity (Wildman–Crippen MR) is 127 cm³/mol. The second-order valence-corrected chi connectivity index (χ2v) is 9.15. The van der Waals surface area contributed by atoms with Crippen LogP contribution in [0.4, 0.5) is 5.69 Å². The quantitative estimate of drug-likeness (QED) is 0.392. The van der Waals surface area contributed by atoms with Gasteiger partial charge in [-0.2, -0.15) is 0 Å². The molecule has 0 saturated heterocycles. The van der Waals surface area contributed by atoms with Gasteiger partial charge in [-0.3, -0.25) is 14.0 Å². The summed E-state index contributed by atoms with van der Waals surface area (Å²) >= 11 is 2.95. The first kappa shape index (κ1) is 21.1. The summed E-state index contributed by atoms with van der Waals surface area (Å²) in [5.74, 6) is 0.00630. The Morgan fingerprint density at radius 1 is 1.13 bits per heavy atom. The number of nitrogens with one attached hydrogen (secondary N) is 2. The number of carbonyl (C=O) groups is 2. The average molecular weight is 451 g/mol. The van der Waals surface area contributed by atoms with E-state index >= 15 is 0 Å². The van der Waals surface area contributed by atoms with Crippen LogP contribution in [-0.4, -0.2) is 33.0 Å². The molecule has 31 heavy (non-hydrogen) atoms. The van der Waals surface area contributed by atoms with E-state index in [0.717, 1.165) is 21.1 Å². The molecule has 2 heterocycles.